The summed E-state index contributed by atoms with van der Waals surface area (Å²) in [5.41, 5.74) is 0. The van der Waals surface area contributed by atoms with E-state index in [0.29, 0.717) is 6.54 Å². The van der Waals surface area contributed by atoms with Crippen molar-refractivity contribution in [1.82, 2.24) is 20.0 Å². The number of hydrogen-bond acceptors (Lipinski definition) is 5. The van der Waals surface area contributed by atoms with Crippen molar-refractivity contribution >= 4 is 22.4 Å². The van der Waals surface area contributed by atoms with Crippen molar-refractivity contribution in [2.24, 2.45) is 0 Å². The van der Waals surface area contributed by atoms with Gasteiger partial charge in [0.15, 0.2) is 0 Å². The summed E-state index contributed by atoms with van der Waals surface area (Å²) in [4.78, 5) is 7.47. The number of aromatic nitrogens is 2. The lowest BCUT2D eigenvalue weighted by atomic mass is 10.1. The third-order valence-electron chi connectivity index (χ3n) is 2.40. The Morgan fingerprint density at radius 2 is 2.06 bits per heavy atom. The summed E-state index contributed by atoms with van der Waals surface area (Å²) in [7, 11) is -3.57. The molecule has 1 aromatic heterocycles. The minimum Gasteiger partial charge on any atom is -0.315 e. The molecular weight excluding hydrogens is 264 g/mol. The summed E-state index contributed by atoms with van der Waals surface area (Å²) in [5, 5.41) is 2.97. The second kappa shape index (κ2) is 6.25. The predicted octanol–water partition coefficient (Wildman–Crippen LogP) is -0.0713. The molecule has 1 aliphatic heterocycles. The van der Waals surface area contributed by atoms with Crippen molar-refractivity contribution < 1.29 is 8.42 Å². The lowest BCUT2D eigenvalue weighted by Crippen LogP contribution is -2.45. The molecule has 0 spiro atoms. The molecule has 1 saturated heterocycles. The Morgan fingerprint density at radius 3 is 2.65 bits per heavy atom. The first-order chi connectivity index (χ1) is 7.68. The minimum atomic E-state index is -3.57. The van der Waals surface area contributed by atoms with Crippen LogP contribution in [0.15, 0.2) is 23.6 Å². The second-order valence-electron chi connectivity index (χ2n) is 3.70. The van der Waals surface area contributed by atoms with E-state index in [1.54, 1.807) is 6.07 Å². The lowest BCUT2D eigenvalue weighted by Gasteiger charge is -2.22. The van der Waals surface area contributed by atoms with Crippen LogP contribution >= 0.6 is 12.4 Å². The Hall–Kier alpha value is -0.760. The highest BCUT2D eigenvalue weighted by molar-refractivity contribution is 7.89. The van der Waals surface area contributed by atoms with Gasteiger partial charge in [0.05, 0.1) is 0 Å². The number of nitrogens with one attached hydrogen (secondary N) is 2. The van der Waals surface area contributed by atoms with Crippen LogP contribution in [0.5, 0.6) is 0 Å². The van der Waals surface area contributed by atoms with Gasteiger partial charge in [-0.1, -0.05) is 0 Å². The SMILES string of the molecule is Cl.O=S(=O)(NC1CCCNC1)c1ncccn1. The standard InChI is InChI=1S/C9H14N4O2S.ClH/c14-16(15,9-11-5-2-6-12-9)13-8-3-1-4-10-7-8;/h2,5-6,8,10,13H,1,3-4,7H2;1H. The molecule has 0 amide bonds. The van der Waals surface area contributed by atoms with E-state index in [9.17, 15) is 8.42 Å². The van der Waals surface area contributed by atoms with E-state index >= 15 is 0 Å². The maximum Gasteiger partial charge on any atom is 0.276 e. The van der Waals surface area contributed by atoms with E-state index < -0.39 is 10.0 Å². The number of halogens is 1. The highest BCUT2D eigenvalue weighted by Gasteiger charge is 2.23. The van der Waals surface area contributed by atoms with Crippen LogP contribution < -0.4 is 10.0 Å². The molecule has 1 fully saturated rings. The highest BCUT2D eigenvalue weighted by Crippen LogP contribution is 2.06. The van der Waals surface area contributed by atoms with E-state index in [4.69, 9.17) is 0 Å². The van der Waals surface area contributed by atoms with Crippen molar-refractivity contribution in [2.75, 3.05) is 13.1 Å². The van der Waals surface area contributed by atoms with E-state index in [1.165, 1.54) is 12.4 Å². The van der Waals surface area contributed by atoms with Crippen LogP contribution in [-0.2, 0) is 10.0 Å². The second-order valence-corrected chi connectivity index (χ2v) is 5.30. The number of piperidine rings is 1. The first-order valence-corrected chi connectivity index (χ1v) is 6.67. The van der Waals surface area contributed by atoms with Gasteiger partial charge in [0.25, 0.3) is 15.2 Å². The quantitative estimate of drug-likeness (QED) is 0.756. The molecule has 0 radical (unpaired) electrons. The monoisotopic (exact) mass is 278 g/mol. The fourth-order valence-corrected chi connectivity index (χ4v) is 2.79. The molecule has 96 valence electrons. The van der Waals surface area contributed by atoms with Crippen LogP contribution in [0.25, 0.3) is 0 Å². The number of rotatable bonds is 3. The van der Waals surface area contributed by atoms with Crippen LogP contribution in [-0.4, -0.2) is 37.5 Å². The van der Waals surface area contributed by atoms with E-state index in [-0.39, 0.29) is 23.6 Å². The van der Waals surface area contributed by atoms with Crippen LogP contribution in [0.2, 0.25) is 0 Å². The molecular formula is C9H15ClN4O2S. The molecule has 2 N–H and O–H groups in total. The average Bonchev–Trinajstić information content (AvgIpc) is 2.31. The van der Waals surface area contributed by atoms with Crippen LogP contribution in [0, 0.1) is 0 Å². The minimum absolute atomic E-state index is 0. The van der Waals surface area contributed by atoms with Gasteiger partial charge < -0.3 is 5.32 Å². The van der Waals surface area contributed by atoms with Gasteiger partial charge in [0.2, 0.25) is 0 Å². The summed E-state index contributed by atoms with van der Waals surface area (Å²) in [6.45, 7) is 1.60. The molecule has 17 heavy (non-hydrogen) atoms. The molecule has 0 bridgehead atoms. The van der Waals surface area contributed by atoms with Gasteiger partial charge in [0.1, 0.15) is 0 Å². The Balaban J connectivity index is 0.00000144. The van der Waals surface area contributed by atoms with Gasteiger partial charge in [0, 0.05) is 25.0 Å². The summed E-state index contributed by atoms with van der Waals surface area (Å²) in [6, 6.07) is 1.52. The third kappa shape index (κ3) is 3.88. The topological polar surface area (TPSA) is 84.0 Å². The molecule has 1 aromatic rings. The first kappa shape index (κ1) is 14.3. The van der Waals surface area contributed by atoms with E-state index in [1.807, 2.05) is 0 Å². The Kier molecular flexibility index (Phi) is 5.26. The molecule has 1 atom stereocenters. The summed E-state index contributed by atoms with van der Waals surface area (Å²) < 4.78 is 26.3. The van der Waals surface area contributed by atoms with Crippen molar-refractivity contribution in [3.8, 4) is 0 Å². The van der Waals surface area contributed by atoms with E-state index in [0.717, 1.165) is 19.4 Å². The Morgan fingerprint density at radius 1 is 1.35 bits per heavy atom. The Bertz CT molecular complexity index is 434. The summed E-state index contributed by atoms with van der Waals surface area (Å²) in [6.07, 6.45) is 4.66. The number of hydrogen-bond donors (Lipinski definition) is 2. The molecule has 0 aromatic carbocycles. The molecule has 2 rings (SSSR count). The maximum absolute atomic E-state index is 11.8. The van der Waals surface area contributed by atoms with Crippen molar-refractivity contribution in [3.63, 3.8) is 0 Å². The zero-order valence-electron chi connectivity index (χ0n) is 9.17. The maximum atomic E-state index is 11.8. The molecule has 1 unspecified atom stereocenters. The van der Waals surface area contributed by atoms with Crippen molar-refractivity contribution in [2.45, 2.75) is 24.0 Å². The van der Waals surface area contributed by atoms with Crippen LogP contribution in [0.3, 0.4) is 0 Å². The highest BCUT2D eigenvalue weighted by atomic mass is 35.5. The molecule has 0 aliphatic carbocycles. The molecule has 0 saturated carbocycles. The number of sulfonamides is 1. The molecule has 6 nitrogen and oxygen atoms in total. The van der Waals surface area contributed by atoms with Gasteiger partial charge in [-0.2, -0.15) is 0 Å². The van der Waals surface area contributed by atoms with Gasteiger partial charge in [-0.15, -0.1) is 12.4 Å². The van der Waals surface area contributed by atoms with Crippen LogP contribution in [0.4, 0.5) is 0 Å². The molecule has 2 heterocycles. The third-order valence-corrected chi connectivity index (χ3v) is 3.74. The fourth-order valence-electron chi connectivity index (χ4n) is 1.65. The van der Waals surface area contributed by atoms with Crippen LogP contribution in [0.1, 0.15) is 12.8 Å². The summed E-state index contributed by atoms with van der Waals surface area (Å²) >= 11 is 0. The molecule has 1 aliphatic rings. The summed E-state index contributed by atoms with van der Waals surface area (Å²) in [5.74, 6) is 0. The van der Waals surface area contributed by atoms with Gasteiger partial charge in [-0.25, -0.2) is 23.1 Å². The fraction of sp³-hybridized carbons (Fsp3) is 0.556. The predicted molar refractivity (Wildman–Crippen MR) is 65.5 cm³/mol. The van der Waals surface area contributed by atoms with Gasteiger partial charge in [-0.05, 0) is 25.5 Å². The van der Waals surface area contributed by atoms with Crippen molar-refractivity contribution in [3.05, 3.63) is 18.5 Å². The van der Waals surface area contributed by atoms with E-state index in [2.05, 4.69) is 20.0 Å². The Labute approximate surface area is 107 Å². The van der Waals surface area contributed by atoms with Gasteiger partial charge >= 0.3 is 0 Å². The van der Waals surface area contributed by atoms with Gasteiger partial charge in [-0.3, -0.25) is 0 Å². The zero-order chi connectivity index (χ0) is 11.4. The number of nitrogens with zero attached hydrogens (tertiary/aromatic N) is 2. The average molecular weight is 279 g/mol. The first-order valence-electron chi connectivity index (χ1n) is 5.18. The molecule has 8 heteroatoms. The largest absolute Gasteiger partial charge is 0.315 e. The van der Waals surface area contributed by atoms with Crippen molar-refractivity contribution in [1.29, 1.82) is 0 Å². The zero-order valence-corrected chi connectivity index (χ0v) is 10.8. The lowest BCUT2D eigenvalue weighted by molar-refractivity contribution is 0.427. The smallest absolute Gasteiger partial charge is 0.276 e. The normalized spacial score (nSPS) is 20.6.